The summed E-state index contributed by atoms with van der Waals surface area (Å²) in [6, 6.07) is 19.1. The van der Waals surface area contributed by atoms with E-state index in [1.165, 1.54) is 22.0 Å². The van der Waals surface area contributed by atoms with Crippen molar-refractivity contribution in [2.24, 2.45) is 0 Å². The monoisotopic (exact) mass is 414 g/mol. The fraction of sp³-hybridized carbons (Fsp3) is 0.409. The molecule has 0 saturated carbocycles. The predicted octanol–water partition coefficient (Wildman–Crippen LogP) is 4.55. The van der Waals surface area contributed by atoms with Gasteiger partial charge in [0, 0.05) is 24.1 Å². The van der Waals surface area contributed by atoms with E-state index < -0.39 is 0 Å². The Morgan fingerprint density at radius 2 is 1.62 bits per heavy atom. The molecule has 4 heteroatoms. The summed E-state index contributed by atoms with van der Waals surface area (Å²) < 4.78 is 1.25. The number of rotatable bonds is 3. The lowest BCUT2D eigenvalue weighted by Gasteiger charge is -2.29. The van der Waals surface area contributed by atoms with E-state index in [9.17, 15) is 4.79 Å². The number of piperidine rings is 1. The number of hydrogen-bond acceptors (Lipinski definition) is 2. The van der Waals surface area contributed by atoms with Gasteiger partial charge in [0.2, 0.25) is 6.41 Å². The van der Waals surface area contributed by atoms with Gasteiger partial charge in [-0.05, 0) is 54.8 Å². The smallest absolute Gasteiger partial charge is 0.209 e. The lowest BCUT2D eigenvalue weighted by atomic mass is 9.90. The van der Waals surface area contributed by atoms with Crippen LogP contribution in [0.5, 0.6) is 0 Å². The van der Waals surface area contributed by atoms with Crippen LogP contribution in [0.25, 0.3) is 0 Å². The molecule has 26 heavy (non-hydrogen) atoms. The van der Waals surface area contributed by atoms with E-state index in [-0.39, 0.29) is 0 Å². The highest BCUT2D eigenvalue weighted by Crippen LogP contribution is 2.28. The number of hydrogen-bond donors (Lipinski definition) is 1. The number of carbonyl (C=O) groups is 1. The highest BCUT2D eigenvalue weighted by molar-refractivity contribution is 9.10. The molecule has 2 aromatic carbocycles. The molecular formula is C22H27BrN2O. The first-order chi connectivity index (χ1) is 12.8. The third-order valence-electron chi connectivity index (χ3n) is 5.35. The molecule has 4 rings (SSSR count). The molecule has 2 saturated heterocycles. The van der Waals surface area contributed by atoms with Gasteiger partial charge in [-0.2, -0.15) is 0 Å². The van der Waals surface area contributed by atoms with Crippen molar-refractivity contribution in [3.05, 3.63) is 70.2 Å². The predicted molar refractivity (Wildman–Crippen MR) is 110 cm³/mol. The molecule has 2 heterocycles. The normalized spacial score (nSPS) is 20.3. The van der Waals surface area contributed by atoms with Crippen LogP contribution in [0.1, 0.15) is 42.2 Å². The molecule has 3 nitrogen and oxygen atoms in total. The molecule has 2 aromatic rings. The van der Waals surface area contributed by atoms with Crippen LogP contribution in [-0.4, -0.2) is 37.5 Å². The summed E-state index contributed by atoms with van der Waals surface area (Å²) >= 11 is 3.58. The molecule has 1 amide bonds. The molecule has 1 N–H and O–H groups in total. The van der Waals surface area contributed by atoms with Crippen LogP contribution >= 0.6 is 15.9 Å². The molecule has 0 bridgehead atoms. The van der Waals surface area contributed by atoms with Crippen LogP contribution in [0, 0.1) is 0 Å². The zero-order valence-electron chi connectivity index (χ0n) is 15.1. The maximum absolute atomic E-state index is 10.5. The summed E-state index contributed by atoms with van der Waals surface area (Å²) in [5, 5.41) is 3.38. The molecule has 0 radical (unpaired) electrons. The van der Waals surface area contributed by atoms with Crippen LogP contribution in [0.3, 0.4) is 0 Å². The van der Waals surface area contributed by atoms with Crippen LogP contribution in [0.15, 0.2) is 59.1 Å². The van der Waals surface area contributed by atoms with Crippen LogP contribution < -0.4 is 5.32 Å². The summed E-state index contributed by atoms with van der Waals surface area (Å²) in [7, 11) is 0. The Balaban J connectivity index is 0.000000152. The second-order valence-corrected chi connectivity index (χ2v) is 7.89. The summed E-state index contributed by atoms with van der Waals surface area (Å²) in [5.41, 5.74) is 2.86. The third-order valence-corrected chi connectivity index (χ3v) is 6.08. The van der Waals surface area contributed by atoms with Gasteiger partial charge < -0.3 is 10.2 Å². The SMILES string of the molecule is Brc1ccccc1C1CCNC1.O=CN1CCC(c2ccccc2)CC1. The van der Waals surface area contributed by atoms with E-state index in [1.807, 2.05) is 11.0 Å². The van der Waals surface area contributed by atoms with E-state index in [1.54, 1.807) is 0 Å². The molecule has 2 fully saturated rings. The van der Waals surface area contributed by atoms with Crippen molar-refractivity contribution in [2.75, 3.05) is 26.2 Å². The molecule has 0 spiro atoms. The van der Waals surface area contributed by atoms with Crippen molar-refractivity contribution >= 4 is 22.3 Å². The average molecular weight is 415 g/mol. The molecular weight excluding hydrogens is 388 g/mol. The summed E-state index contributed by atoms with van der Waals surface area (Å²) in [6.07, 6.45) is 4.43. The lowest BCUT2D eigenvalue weighted by Crippen LogP contribution is -2.31. The van der Waals surface area contributed by atoms with Crippen molar-refractivity contribution < 1.29 is 4.79 Å². The molecule has 1 atom stereocenters. The lowest BCUT2D eigenvalue weighted by molar-refractivity contribution is -0.119. The number of nitrogens with one attached hydrogen (secondary N) is 1. The zero-order chi connectivity index (χ0) is 18.2. The van der Waals surface area contributed by atoms with Crippen molar-refractivity contribution in [3.8, 4) is 0 Å². The topological polar surface area (TPSA) is 32.3 Å². The largest absolute Gasteiger partial charge is 0.345 e. The first kappa shape index (κ1) is 19.1. The number of amides is 1. The van der Waals surface area contributed by atoms with Crippen molar-refractivity contribution in [1.29, 1.82) is 0 Å². The van der Waals surface area contributed by atoms with Crippen LogP contribution in [0.2, 0.25) is 0 Å². The molecule has 2 aliphatic heterocycles. The molecule has 0 aromatic heterocycles. The Kier molecular flexibility index (Phi) is 7.27. The van der Waals surface area contributed by atoms with Gasteiger partial charge in [-0.15, -0.1) is 0 Å². The van der Waals surface area contributed by atoms with Gasteiger partial charge in [-0.25, -0.2) is 0 Å². The fourth-order valence-corrected chi connectivity index (χ4v) is 4.40. The van der Waals surface area contributed by atoms with Gasteiger partial charge in [0.1, 0.15) is 0 Å². The van der Waals surface area contributed by atoms with E-state index >= 15 is 0 Å². The van der Waals surface area contributed by atoms with E-state index in [2.05, 4.69) is 69.8 Å². The first-order valence-electron chi connectivity index (χ1n) is 9.47. The van der Waals surface area contributed by atoms with Gasteiger partial charge in [-0.1, -0.05) is 64.5 Å². The van der Waals surface area contributed by atoms with Gasteiger partial charge in [0.25, 0.3) is 0 Å². The summed E-state index contributed by atoms with van der Waals surface area (Å²) in [5.74, 6) is 1.35. The molecule has 1 unspecified atom stereocenters. The van der Waals surface area contributed by atoms with Crippen LogP contribution in [-0.2, 0) is 4.79 Å². The number of carbonyl (C=O) groups excluding carboxylic acids is 1. The summed E-state index contributed by atoms with van der Waals surface area (Å²) in [6.45, 7) is 4.10. The zero-order valence-corrected chi connectivity index (χ0v) is 16.7. The van der Waals surface area contributed by atoms with Gasteiger partial charge in [0.05, 0.1) is 0 Å². The van der Waals surface area contributed by atoms with E-state index in [0.29, 0.717) is 11.8 Å². The van der Waals surface area contributed by atoms with Gasteiger partial charge >= 0.3 is 0 Å². The Morgan fingerprint density at radius 1 is 0.923 bits per heavy atom. The van der Waals surface area contributed by atoms with Crippen LogP contribution in [0.4, 0.5) is 0 Å². The minimum atomic E-state index is 0.646. The van der Waals surface area contributed by atoms with Crippen molar-refractivity contribution in [3.63, 3.8) is 0 Å². The Labute approximate surface area is 164 Å². The highest BCUT2D eigenvalue weighted by atomic mass is 79.9. The quantitative estimate of drug-likeness (QED) is 0.747. The summed E-state index contributed by atoms with van der Waals surface area (Å²) in [4.78, 5) is 12.4. The van der Waals surface area contributed by atoms with Crippen molar-refractivity contribution in [1.82, 2.24) is 10.2 Å². The molecule has 2 aliphatic rings. The molecule has 0 aliphatic carbocycles. The fourth-order valence-electron chi connectivity index (χ4n) is 3.79. The average Bonchev–Trinajstić information content (AvgIpc) is 3.24. The number of benzene rings is 2. The number of nitrogens with zero attached hydrogens (tertiary/aromatic N) is 1. The Morgan fingerprint density at radius 3 is 2.23 bits per heavy atom. The second-order valence-electron chi connectivity index (χ2n) is 7.04. The first-order valence-corrected chi connectivity index (χ1v) is 10.3. The standard InChI is InChI=1S/C12H15NO.C10H12BrN/c14-10-13-8-6-12(7-9-13)11-4-2-1-3-5-11;11-10-4-2-1-3-9(10)8-5-6-12-7-8/h1-5,10,12H,6-9H2;1-4,8,12H,5-7H2. The Hall–Kier alpha value is -1.65. The second kappa shape index (κ2) is 9.89. The van der Waals surface area contributed by atoms with Gasteiger partial charge in [-0.3, -0.25) is 4.79 Å². The van der Waals surface area contributed by atoms with Crippen molar-refractivity contribution in [2.45, 2.75) is 31.1 Å². The maximum Gasteiger partial charge on any atom is 0.209 e. The Bertz CT molecular complexity index is 678. The minimum Gasteiger partial charge on any atom is -0.345 e. The van der Waals surface area contributed by atoms with E-state index in [4.69, 9.17) is 0 Å². The third kappa shape index (κ3) is 5.18. The number of halogens is 1. The molecule has 138 valence electrons. The number of likely N-dealkylation sites (tertiary alicyclic amines) is 1. The van der Waals surface area contributed by atoms with E-state index in [0.717, 1.165) is 45.4 Å². The highest BCUT2D eigenvalue weighted by Gasteiger charge is 2.19. The minimum absolute atomic E-state index is 0.646. The maximum atomic E-state index is 10.5. The van der Waals surface area contributed by atoms with Gasteiger partial charge in [0.15, 0.2) is 0 Å².